The molecule has 124 valence electrons. The number of hydrogen-bond acceptors (Lipinski definition) is 3. The predicted molar refractivity (Wildman–Crippen MR) is 95.4 cm³/mol. The molecule has 0 spiro atoms. The van der Waals surface area contributed by atoms with E-state index in [4.69, 9.17) is 0 Å². The molecule has 0 saturated heterocycles. The van der Waals surface area contributed by atoms with E-state index in [1.54, 1.807) is 24.3 Å². The normalized spacial score (nSPS) is 11.4. The molecule has 2 aromatic rings. The van der Waals surface area contributed by atoms with Gasteiger partial charge in [0, 0.05) is 25.3 Å². The van der Waals surface area contributed by atoms with Crippen LogP contribution >= 0.6 is 0 Å². The van der Waals surface area contributed by atoms with Crippen molar-refractivity contribution in [2.75, 3.05) is 24.5 Å². The van der Waals surface area contributed by atoms with Gasteiger partial charge in [0.1, 0.15) is 0 Å². The third-order valence-corrected chi connectivity index (χ3v) is 5.23. The molecule has 0 radical (unpaired) electrons. The minimum atomic E-state index is -3.45. The molecule has 0 heterocycles. The Labute approximate surface area is 139 Å². The van der Waals surface area contributed by atoms with E-state index in [0.717, 1.165) is 17.8 Å². The van der Waals surface area contributed by atoms with E-state index in [9.17, 15) is 8.42 Å². The van der Waals surface area contributed by atoms with Gasteiger partial charge in [-0.1, -0.05) is 29.8 Å². The summed E-state index contributed by atoms with van der Waals surface area (Å²) in [7, 11) is -3.45. The highest BCUT2D eigenvalue weighted by molar-refractivity contribution is 7.89. The van der Waals surface area contributed by atoms with E-state index in [2.05, 4.69) is 35.6 Å². The van der Waals surface area contributed by atoms with Gasteiger partial charge in [-0.3, -0.25) is 0 Å². The third-order valence-electron chi connectivity index (χ3n) is 3.75. The highest BCUT2D eigenvalue weighted by Gasteiger charge is 2.13. The van der Waals surface area contributed by atoms with Crippen LogP contribution in [0.4, 0.5) is 5.69 Å². The van der Waals surface area contributed by atoms with Gasteiger partial charge in [0.2, 0.25) is 10.0 Å². The number of likely N-dealkylation sites (N-methyl/N-ethyl adjacent to an activating group) is 1. The third kappa shape index (κ3) is 4.81. The van der Waals surface area contributed by atoms with Crippen LogP contribution in [0.1, 0.15) is 18.1 Å². The number of anilines is 1. The lowest BCUT2D eigenvalue weighted by atomic mass is 10.2. The topological polar surface area (TPSA) is 49.4 Å². The Morgan fingerprint density at radius 3 is 2.30 bits per heavy atom. The van der Waals surface area contributed by atoms with Crippen LogP contribution in [0.25, 0.3) is 0 Å². The zero-order valence-corrected chi connectivity index (χ0v) is 14.7. The van der Waals surface area contributed by atoms with Crippen LogP contribution in [0.3, 0.4) is 0 Å². The van der Waals surface area contributed by atoms with Gasteiger partial charge >= 0.3 is 0 Å². The lowest BCUT2D eigenvalue weighted by molar-refractivity contribution is 0.581. The summed E-state index contributed by atoms with van der Waals surface area (Å²) in [5.74, 6) is 0. The van der Waals surface area contributed by atoms with Crippen molar-refractivity contribution in [2.45, 2.75) is 25.7 Å². The SMILES string of the molecule is CCN(CCNS(=O)(=O)c1ccc(C)cc1)c1cccc(C)c1. The first-order chi connectivity index (χ1) is 10.9. The molecule has 0 fully saturated rings. The summed E-state index contributed by atoms with van der Waals surface area (Å²) in [5.41, 5.74) is 3.35. The molecule has 5 heteroatoms. The highest BCUT2D eigenvalue weighted by Crippen LogP contribution is 2.15. The standard InChI is InChI=1S/C18H24N2O2S/c1-4-20(17-7-5-6-16(3)14-17)13-12-19-23(21,22)18-10-8-15(2)9-11-18/h5-11,14,19H,4,12-13H2,1-3H3. The molecule has 0 bridgehead atoms. The molecule has 0 aliphatic heterocycles. The fraction of sp³-hybridized carbons (Fsp3) is 0.333. The molecule has 0 amide bonds. The van der Waals surface area contributed by atoms with Crippen LogP contribution in [0.5, 0.6) is 0 Å². The monoisotopic (exact) mass is 332 g/mol. The quantitative estimate of drug-likeness (QED) is 0.847. The molecule has 0 aliphatic carbocycles. The second-order valence-electron chi connectivity index (χ2n) is 5.63. The summed E-state index contributed by atoms with van der Waals surface area (Å²) in [6, 6.07) is 15.1. The number of nitrogens with zero attached hydrogens (tertiary/aromatic N) is 1. The number of benzene rings is 2. The van der Waals surface area contributed by atoms with Gasteiger partial charge in [0.15, 0.2) is 0 Å². The summed E-state index contributed by atoms with van der Waals surface area (Å²) in [6.45, 7) is 7.89. The van der Waals surface area contributed by atoms with Crippen molar-refractivity contribution in [1.82, 2.24) is 4.72 Å². The van der Waals surface area contributed by atoms with Crippen molar-refractivity contribution < 1.29 is 8.42 Å². The summed E-state index contributed by atoms with van der Waals surface area (Å²) in [5, 5.41) is 0. The molecular weight excluding hydrogens is 308 g/mol. The Kier molecular flexibility index (Phi) is 5.80. The summed E-state index contributed by atoms with van der Waals surface area (Å²) >= 11 is 0. The van der Waals surface area contributed by atoms with E-state index in [-0.39, 0.29) is 0 Å². The van der Waals surface area contributed by atoms with Crippen LogP contribution in [-0.2, 0) is 10.0 Å². The maximum atomic E-state index is 12.3. The zero-order chi connectivity index (χ0) is 16.9. The molecule has 0 aliphatic rings. The molecule has 0 unspecified atom stereocenters. The van der Waals surface area contributed by atoms with Gasteiger partial charge in [-0.05, 0) is 50.6 Å². The minimum Gasteiger partial charge on any atom is -0.370 e. The van der Waals surface area contributed by atoms with E-state index in [1.807, 2.05) is 19.1 Å². The molecule has 1 N–H and O–H groups in total. The van der Waals surface area contributed by atoms with Gasteiger partial charge in [-0.15, -0.1) is 0 Å². The summed E-state index contributed by atoms with van der Waals surface area (Å²) in [6.07, 6.45) is 0. The van der Waals surface area contributed by atoms with Crippen molar-refractivity contribution in [3.05, 3.63) is 59.7 Å². The van der Waals surface area contributed by atoms with Crippen molar-refractivity contribution in [3.8, 4) is 0 Å². The Morgan fingerprint density at radius 2 is 1.70 bits per heavy atom. The first-order valence-electron chi connectivity index (χ1n) is 7.80. The number of aryl methyl sites for hydroxylation is 2. The van der Waals surface area contributed by atoms with E-state index < -0.39 is 10.0 Å². The lowest BCUT2D eigenvalue weighted by Crippen LogP contribution is -2.35. The van der Waals surface area contributed by atoms with E-state index in [1.165, 1.54) is 5.56 Å². The second-order valence-corrected chi connectivity index (χ2v) is 7.40. The van der Waals surface area contributed by atoms with Crippen LogP contribution in [-0.4, -0.2) is 28.1 Å². The number of rotatable bonds is 7. The van der Waals surface area contributed by atoms with Gasteiger partial charge in [-0.2, -0.15) is 0 Å². The fourth-order valence-corrected chi connectivity index (χ4v) is 3.43. The molecule has 2 rings (SSSR count). The van der Waals surface area contributed by atoms with Crippen molar-refractivity contribution in [1.29, 1.82) is 0 Å². The van der Waals surface area contributed by atoms with Gasteiger partial charge < -0.3 is 4.90 Å². The van der Waals surface area contributed by atoms with Crippen molar-refractivity contribution in [2.24, 2.45) is 0 Å². The van der Waals surface area contributed by atoms with Crippen LogP contribution < -0.4 is 9.62 Å². The number of sulfonamides is 1. The average Bonchev–Trinajstić information content (AvgIpc) is 2.52. The van der Waals surface area contributed by atoms with Crippen LogP contribution in [0.2, 0.25) is 0 Å². The molecule has 0 saturated carbocycles. The fourth-order valence-electron chi connectivity index (χ4n) is 2.41. The van der Waals surface area contributed by atoms with E-state index >= 15 is 0 Å². The smallest absolute Gasteiger partial charge is 0.240 e. The van der Waals surface area contributed by atoms with Crippen molar-refractivity contribution >= 4 is 15.7 Å². The largest absolute Gasteiger partial charge is 0.370 e. The number of nitrogens with one attached hydrogen (secondary N) is 1. The van der Waals surface area contributed by atoms with Crippen molar-refractivity contribution in [3.63, 3.8) is 0 Å². The highest BCUT2D eigenvalue weighted by atomic mass is 32.2. The zero-order valence-electron chi connectivity index (χ0n) is 13.9. The Morgan fingerprint density at radius 1 is 1.00 bits per heavy atom. The molecule has 23 heavy (non-hydrogen) atoms. The van der Waals surface area contributed by atoms with E-state index in [0.29, 0.717) is 18.0 Å². The predicted octanol–water partition coefficient (Wildman–Crippen LogP) is 3.11. The summed E-state index contributed by atoms with van der Waals surface area (Å²) < 4.78 is 27.2. The summed E-state index contributed by atoms with van der Waals surface area (Å²) in [4.78, 5) is 2.46. The maximum absolute atomic E-state index is 12.3. The number of hydrogen-bond donors (Lipinski definition) is 1. The van der Waals surface area contributed by atoms with Gasteiger partial charge in [0.25, 0.3) is 0 Å². The molecular formula is C18H24N2O2S. The average molecular weight is 332 g/mol. The molecule has 0 aromatic heterocycles. The Bertz CT molecular complexity index is 740. The van der Waals surface area contributed by atoms with Gasteiger partial charge in [-0.25, -0.2) is 13.1 Å². The minimum absolute atomic E-state index is 0.307. The molecule has 2 aromatic carbocycles. The molecule has 4 nitrogen and oxygen atoms in total. The van der Waals surface area contributed by atoms with Crippen LogP contribution in [0.15, 0.2) is 53.4 Å². The second kappa shape index (κ2) is 7.62. The Balaban J connectivity index is 1.98. The van der Waals surface area contributed by atoms with Crippen LogP contribution in [0, 0.1) is 13.8 Å². The lowest BCUT2D eigenvalue weighted by Gasteiger charge is -2.23. The first kappa shape index (κ1) is 17.5. The Hall–Kier alpha value is -1.85. The first-order valence-corrected chi connectivity index (χ1v) is 9.28. The maximum Gasteiger partial charge on any atom is 0.240 e. The molecule has 0 atom stereocenters. The van der Waals surface area contributed by atoms with Gasteiger partial charge in [0.05, 0.1) is 4.90 Å².